The number of hydrogen-bond acceptors (Lipinski definition) is 2. The van der Waals surface area contributed by atoms with Crippen molar-refractivity contribution in [1.82, 2.24) is 5.32 Å². The lowest BCUT2D eigenvalue weighted by atomic mass is 10.0. The van der Waals surface area contributed by atoms with Gasteiger partial charge in [0.05, 0.1) is 11.6 Å². The predicted molar refractivity (Wildman–Crippen MR) is 81.0 cm³/mol. The summed E-state index contributed by atoms with van der Waals surface area (Å²) in [7, 11) is 0. The molecule has 0 aromatic heterocycles. The van der Waals surface area contributed by atoms with Crippen LogP contribution in [0.5, 0.6) is 0 Å². The first-order valence-corrected chi connectivity index (χ1v) is 7.30. The van der Waals surface area contributed by atoms with E-state index >= 15 is 0 Å². The topological polar surface area (TPSA) is 38.3 Å². The van der Waals surface area contributed by atoms with E-state index in [1.807, 2.05) is 45.0 Å². The molecule has 0 bridgehead atoms. The lowest BCUT2D eigenvalue weighted by Gasteiger charge is -2.21. The molecule has 0 saturated heterocycles. The van der Waals surface area contributed by atoms with Crippen LogP contribution in [0.3, 0.4) is 0 Å². The zero-order valence-corrected chi connectivity index (χ0v) is 13.6. The summed E-state index contributed by atoms with van der Waals surface area (Å²) in [5.41, 5.74) is 0.811. The van der Waals surface area contributed by atoms with Crippen LogP contribution in [-0.4, -0.2) is 18.1 Å². The summed E-state index contributed by atoms with van der Waals surface area (Å²) in [4.78, 5) is 11.9. The van der Waals surface area contributed by atoms with Gasteiger partial charge in [0.15, 0.2) is 0 Å². The molecule has 1 unspecified atom stereocenters. The second-order valence-corrected chi connectivity index (χ2v) is 6.40. The second-order valence-electron chi connectivity index (χ2n) is 5.48. The number of amides is 1. The molecule has 106 valence electrons. The molecular formula is C15H22BrNO2. The lowest BCUT2D eigenvalue weighted by Crippen LogP contribution is -2.34. The van der Waals surface area contributed by atoms with Gasteiger partial charge in [0.2, 0.25) is 5.91 Å². The fourth-order valence-corrected chi connectivity index (χ4v) is 1.90. The summed E-state index contributed by atoms with van der Waals surface area (Å²) in [6, 6.07) is 8.03. The molecular weight excluding hydrogens is 306 g/mol. The molecule has 3 nitrogen and oxygen atoms in total. The highest BCUT2D eigenvalue weighted by molar-refractivity contribution is 9.10. The van der Waals surface area contributed by atoms with Crippen molar-refractivity contribution in [1.29, 1.82) is 0 Å². The van der Waals surface area contributed by atoms with Crippen LogP contribution < -0.4 is 5.32 Å². The Morgan fingerprint density at radius 2 is 1.89 bits per heavy atom. The van der Waals surface area contributed by atoms with E-state index < -0.39 is 0 Å². The minimum Gasteiger partial charge on any atom is -0.366 e. The summed E-state index contributed by atoms with van der Waals surface area (Å²) in [6.07, 6.45) is 0.850. The largest absolute Gasteiger partial charge is 0.366 e. The highest BCUT2D eigenvalue weighted by Crippen LogP contribution is 2.19. The van der Waals surface area contributed by atoms with E-state index in [9.17, 15) is 4.79 Å². The van der Waals surface area contributed by atoms with E-state index in [0.717, 1.165) is 16.5 Å². The van der Waals surface area contributed by atoms with Crippen molar-refractivity contribution in [3.8, 4) is 0 Å². The molecule has 1 aromatic carbocycles. The SMILES string of the molecule is CCC(NC(=O)COC(C)(C)C)c1ccc(Br)cc1. The molecule has 0 aliphatic carbocycles. The quantitative estimate of drug-likeness (QED) is 0.892. The Labute approximate surface area is 123 Å². The molecule has 19 heavy (non-hydrogen) atoms. The molecule has 0 aliphatic rings. The van der Waals surface area contributed by atoms with E-state index in [2.05, 4.69) is 28.2 Å². The first kappa shape index (κ1) is 16.2. The van der Waals surface area contributed by atoms with Gasteiger partial charge in [-0.15, -0.1) is 0 Å². The Kier molecular flexibility index (Phi) is 6.01. The maximum Gasteiger partial charge on any atom is 0.246 e. The first-order chi connectivity index (χ1) is 8.81. The van der Waals surface area contributed by atoms with Crippen LogP contribution in [-0.2, 0) is 9.53 Å². The maximum absolute atomic E-state index is 11.9. The number of hydrogen-bond donors (Lipinski definition) is 1. The van der Waals surface area contributed by atoms with Crippen LogP contribution in [0.15, 0.2) is 28.7 Å². The molecule has 1 amide bonds. The van der Waals surface area contributed by atoms with Gasteiger partial charge in [-0.1, -0.05) is 35.0 Å². The number of carbonyl (C=O) groups excluding carboxylic acids is 1. The molecule has 4 heteroatoms. The standard InChI is InChI=1S/C15H22BrNO2/c1-5-13(11-6-8-12(16)9-7-11)17-14(18)10-19-15(2,3)4/h6-9,13H,5,10H2,1-4H3,(H,17,18). The van der Waals surface area contributed by atoms with Crippen LogP contribution in [0.1, 0.15) is 45.7 Å². The van der Waals surface area contributed by atoms with E-state index in [1.54, 1.807) is 0 Å². The van der Waals surface area contributed by atoms with Gasteiger partial charge < -0.3 is 10.1 Å². The van der Waals surface area contributed by atoms with Gasteiger partial charge in [0.25, 0.3) is 0 Å². The van der Waals surface area contributed by atoms with E-state index in [-0.39, 0.29) is 24.2 Å². The summed E-state index contributed by atoms with van der Waals surface area (Å²) in [5, 5.41) is 3.00. The Hall–Kier alpha value is -0.870. The third kappa shape index (κ3) is 6.21. The highest BCUT2D eigenvalue weighted by atomic mass is 79.9. The van der Waals surface area contributed by atoms with Crippen molar-refractivity contribution in [2.45, 2.75) is 45.8 Å². The van der Waals surface area contributed by atoms with Gasteiger partial charge in [0, 0.05) is 4.47 Å². The summed E-state index contributed by atoms with van der Waals surface area (Å²) in [5.74, 6) is -0.0790. The Morgan fingerprint density at radius 3 is 2.37 bits per heavy atom. The minimum absolute atomic E-state index is 0.0316. The summed E-state index contributed by atoms with van der Waals surface area (Å²) in [6.45, 7) is 7.96. The monoisotopic (exact) mass is 327 g/mol. The zero-order valence-electron chi connectivity index (χ0n) is 12.0. The van der Waals surface area contributed by atoms with Crippen molar-refractivity contribution < 1.29 is 9.53 Å². The minimum atomic E-state index is -0.295. The van der Waals surface area contributed by atoms with Crippen LogP contribution in [0, 0.1) is 0 Å². The van der Waals surface area contributed by atoms with Crippen molar-refractivity contribution in [3.63, 3.8) is 0 Å². The molecule has 1 atom stereocenters. The number of halogens is 1. The number of benzene rings is 1. The van der Waals surface area contributed by atoms with Crippen molar-refractivity contribution in [2.75, 3.05) is 6.61 Å². The third-order valence-electron chi connectivity index (χ3n) is 2.65. The molecule has 1 aromatic rings. The Bertz CT molecular complexity index is 409. The van der Waals surface area contributed by atoms with Gasteiger partial charge in [-0.2, -0.15) is 0 Å². The molecule has 1 N–H and O–H groups in total. The van der Waals surface area contributed by atoms with Crippen molar-refractivity contribution >= 4 is 21.8 Å². The molecule has 0 aliphatic heterocycles. The number of ether oxygens (including phenoxy) is 1. The van der Waals surface area contributed by atoms with Gasteiger partial charge in [-0.3, -0.25) is 4.79 Å². The first-order valence-electron chi connectivity index (χ1n) is 6.50. The normalized spacial score (nSPS) is 13.1. The molecule has 0 fully saturated rings. The number of rotatable bonds is 5. The molecule has 0 spiro atoms. The predicted octanol–water partition coefficient (Wildman–Crippen LogP) is 3.83. The van der Waals surface area contributed by atoms with Crippen molar-refractivity contribution in [3.05, 3.63) is 34.3 Å². The van der Waals surface area contributed by atoms with Crippen LogP contribution in [0.4, 0.5) is 0 Å². The zero-order chi connectivity index (χ0) is 14.5. The van der Waals surface area contributed by atoms with Crippen LogP contribution >= 0.6 is 15.9 Å². The Morgan fingerprint density at radius 1 is 1.32 bits per heavy atom. The molecule has 0 saturated carbocycles. The lowest BCUT2D eigenvalue weighted by molar-refractivity contribution is -0.131. The van der Waals surface area contributed by atoms with E-state index in [0.29, 0.717) is 0 Å². The van der Waals surface area contributed by atoms with Gasteiger partial charge in [0.1, 0.15) is 6.61 Å². The fourth-order valence-electron chi connectivity index (χ4n) is 1.63. The Balaban J connectivity index is 2.57. The summed E-state index contributed by atoms with van der Waals surface area (Å²) < 4.78 is 6.51. The van der Waals surface area contributed by atoms with E-state index in [4.69, 9.17) is 4.74 Å². The highest BCUT2D eigenvalue weighted by Gasteiger charge is 2.16. The summed E-state index contributed by atoms with van der Waals surface area (Å²) >= 11 is 3.41. The molecule has 1 rings (SSSR count). The maximum atomic E-state index is 11.9. The molecule has 0 radical (unpaired) electrons. The van der Waals surface area contributed by atoms with Gasteiger partial charge in [-0.25, -0.2) is 0 Å². The van der Waals surface area contributed by atoms with Crippen molar-refractivity contribution in [2.24, 2.45) is 0 Å². The second kappa shape index (κ2) is 7.06. The van der Waals surface area contributed by atoms with Crippen LogP contribution in [0.2, 0.25) is 0 Å². The number of carbonyl (C=O) groups is 1. The van der Waals surface area contributed by atoms with E-state index in [1.165, 1.54) is 0 Å². The van der Waals surface area contributed by atoms with Crippen LogP contribution in [0.25, 0.3) is 0 Å². The average Bonchev–Trinajstić information content (AvgIpc) is 2.34. The fraction of sp³-hybridized carbons (Fsp3) is 0.533. The number of nitrogens with one attached hydrogen (secondary N) is 1. The molecule has 0 heterocycles. The van der Waals surface area contributed by atoms with Gasteiger partial charge in [-0.05, 0) is 44.9 Å². The van der Waals surface area contributed by atoms with Gasteiger partial charge >= 0.3 is 0 Å². The third-order valence-corrected chi connectivity index (χ3v) is 3.18. The smallest absolute Gasteiger partial charge is 0.246 e. The average molecular weight is 328 g/mol.